The quantitative estimate of drug-likeness (QED) is 0.583. The number of urea groups is 1. The molecule has 0 aliphatic carbocycles. The van der Waals surface area contributed by atoms with E-state index in [9.17, 15) is 20.0 Å². The van der Waals surface area contributed by atoms with Crippen LogP contribution in [0.15, 0.2) is 48.5 Å². The van der Waals surface area contributed by atoms with Crippen LogP contribution in [0.1, 0.15) is 17.2 Å². The van der Waals surface area contributed by atoms with E-state index in [1.807, 2.05) is 6.07 Å². The van der Waals surface area contributed by atoms with Gasteiger partial charge in [0.25, 0.3) is 5.69 Å². The number of amides is 2. The molecule has 0 saturated heterocycles. The monoisotopic (exact) mass is 315 g/mol. The van der Waals surface area contributed by atoms with Gasteiger partial charge in [0, 0.05) is 23.9 Å². The van der Waals surface area contributed by atoms with Gasteiger partial charge in [-0.3, -0.25) is 10.1 Å². The highest BCUT2D eigenvalue weighted by Gasteiger charge is 2.12. The van der Waals surface area contributed by atoms with Gasteiger partial charge >= 0.3 is 6.03 Å². The Hall–Kier alpha value is -2.93. The highest BCUT2D eigenvalue weighted by molar-refractivity contribution is 5.89. The van der Waals surface area contributed by atoms with Gasteiger partial charge in [0.05, 0.1) is 11.0 Å². The van der Waals surface area contributed by atoms with E-state index in [-0.39, 0.29) is 12.2 Å². The highest BCUT2D eigenvalue weighted by atomic mass is 16.6. The highest BCUT2D eigenvalue weighted by Crippen LogP contribution is 2.21. The molecule has 0 heterocycles. The number of nitro groups is 1. The zero-order chi connectivity index (χ0) is 16.8. The summed E-state index contributed by atoms with van der Waals surface area (Å²) in [5.41, 5.74) is 1.60. The van der Waals surface area contributed by atoms with E-state index < -0.39 is 17.1 Å². The predicted octanol–water partition coefficient (Wildman–Crippen LogP) is 2.76. The van der Waals surface area contributed by atoms with Crippen molar-refractivity contribution in [2.24, 2.45) is 0 Å². The summed E-state index contributed by atoms with van der Waals surface area (Å²) < 4.78 is 0. The summed E-state index contributed by atoms with van der Waals surface area (Å²) >= 11 is 0. The molecule has 2 amide bonds. The molecule has 0 bridgehead atoms. The first-order valence-electron chi connectivity index (χ1n) is 7.00. The lowest BCUT2D eigenvalue weighted by Gasteiger charge is -2.13. The number of aliphatic hydroxyl groups excluding tert-OH is 1. The molecule has 23 heavy (non-hydrogen) atoms. The average molecular weight is 315 g/mol. The summed E-state index contributed by atoms with van der Waals surface area (Å²) in [6, 6.07) is 12.8. The van der Waals surface area contributed by atoms with Gasteiger partial charge in [0.1, 0.15) is 0 Å². The fourth-order valence-electron chi connectivity index (χ4n) is 2.10. The van der Waals surface area contributed by atoms with Crippen LogP contribution in [-0.2, 0) is 0 Å². The van der Waals surface area contributed by atoms with Crippen molar-refractivity contribution in [3.63, 3.8) is 0 Å². The predicted molar refractivity (Wildman–Crippen MR) is 86.3 cm³/mol. The van der Waals surface area contributed by atoms with Crippen LogP contribution in [0.2, 0.25) is 0 Å². The minimum atomic E-state index is -0.805. The van der Waals surface area contributed by atoms with E-state index in [0.717, 1.165) is 0 Å². The van der Waals surface area contributed by atoms with Gasteiger partial charge in [-0.25, -0.2) is 4.79 Å². The number of aliphatic hydroxyl groups is 1. The topological polar surface area (TPSA) is 104 Å². The fraction of sp³-hybridized carbons (Fsp3) is 0.188. The standard InChI is InChI=1S/C16H17N3O4/c1-11-9-13(7-8-14(11)19(22)23)18-16(21)17-10-15(20)12-5-3-2-4-6-12/h2-9,15,20H,10H2,1H3,(H2,17,18,21)/t15-/m0/s1. The largest absolute Gasteiger partial charge is 0.387 e. The Kier molecular flexibility index (Phi) is 5.27. The van der Waals surface area contributed by atoms with E-state index in [2.05, 4.69) is 10.6 Å². The SMILES string of the molecule is Cc1cc(NC(=O)NC[C@H](O)c2ccccc2)ccc1[N+](=O)[O-]. The summed E-state index contributed by atoms with van der Waals surface area (Å²) in [5, 5.41) is 25.8. The maximum atomic E-state index is 11.8. The molecule has 0 aliphatic heterocycles. The number of hydrogen-bond acceptors (Lipinski definition) is 4. The van der Waals surface area contributed by atoms with Gasteiger partial charge in [0.2, 0.25) is 0 Å². The molecule has 2 aromatic rings. The molecule has 7 nitrogen and oxygen atoms in total. The molecule has 1 atom stereocenters. The first-order chi connectivity index (χ1) is 11.0. The van der Waals surface area contributed by atoms with Crippen molar-refractivity contribution >= 4 is 17.4 Å². The van der Waals surface area contributed by atoms with Crippen LogP contribution in [0.5, 0.6) is 0 Å². The summed E-state index contributed by atoms with van der Waals surface area (Å²) in [6.45, 7) is 1.65. The lowest BCUT2D eigenvalue weighted by atomic mass is 10.1. The molecule has 3 N–H and O–H groups in total. The van der Waals surface area contributed by atoms with Gasteiger partial charge in [-0.2, -0.15) is 0 Å². The zero-order valence-electron chi connectivity index (χ0n) is 12.5. The Morgan fingerprint density at radius 3 is 2.57 bits per heavy atom. The maximum Gasteiger partial charge on any atom is 0.319 e. The van der Waals surface area contributed by atoms with Crippen molar-refractivity contribution in [3.05, 3.63) is 69.8 Å². The van der Waals surface area contributed by atoms with Crippen LogP contribution in [-0.4, -0.2) is 22.6 Å². The Morgan fingerprint density at radius 1 is 1.26 bits per heavy atom. The molecule has 2 aromatic carbocycles. The molecule has 0 saturated carbocycles. The van der Waals surface area contributed by atoms with E-state index in [1.54, 1.807) is 31.2 Å². The van der Waals surface area contributed by atoms with Gasteiger partial charge in [-0.15, -0.1) is 0 Å². The normalized spacial score (nSPS) is 11.6. The Morgan fingerprint density at radius 2 is 1.96 bits per heavy atom. The van der Waals surface area contributed by atoms with E-state index in [4.69, 9.17) is 0 Å². The van der Waals surface area contributed by atoms with Crippen LogP contribution in [0.25, 0.3) is 0 Å². The van der Waals surface area contributed by atoms with Gasteiger partial charge in [-0.05, 0) is 24.6 Å². The smallest absolute Gasteiger partial charge is 0.319 e. The van der Waals surface area contributed by atoms with Gasteiger partial charge < -0.3 is 15.7 Å². The number of carbonyl (C=O) groups is 1. The second-order valence-electron chi connectivity index (χ2n) is 5.02. The van der Waals surface area contributed by atoms with E-state index in [0.29, 0.717) is 16.8 Å². The van der Waals surface area contributed by atoms with E-state index >= 15 is 0 Å². The van der Waals surface area contributed by atoms with Crippen molar-refractivity contribution in [1.29, 1.82) is 0 Å². The second-order valence-corrected chi connectivity index (χ2v) is 5.02. The summed E-state index contributed by atoms with van der Waals surface area (Å²) in [7, 11) is 0. The third-order valence-corrected chi connectivity index (χ3v) is 3.29. The number of rotatable bonds is 5. The number of benzene rings is 2. The van der Waals surface area contributed by atoms with Crippen molar-refractivity contribution in [2.45, 2.75) is 13.0 Å². The Bertz CT molecular complexity index is 704. The second kappa shape index (κ2) is 7.37. The summed E-state index contributed by atoms with van der Waals surface area (Å²) in [5.74, 6) is 0. The third-order valence-electron chi connectivity index (χ3n) is 3.29. The van der Waals surface area contributed by atoms with Crippen molar-refractivity contribution < 1.29 is 14.8 Å². The number of nitrogens with one attached hydrogen (secondary N) is 2. The van der Waals surface area contributed by atoms with Gasteiger partial charge in [0.15, 0.2) is 0 Å². The van der Waals surface area contributed by atoms with Crippen LogP contribution >= 0.6 is 0 Å². The first kappa shape index (κ1) is 16.4. The minimum Gasteiger partial charge on any atom is -0.387 e. The van der Waals surface area contributed by atoms with Gasteiger partial charge in [-0.1, -0.05) is 30.3 Å². The number of carbonyl (C=O) groups excluding carboxylic acids is 1. The lowest BCUT2D eigenvalue weighted by Crippen LogP contribution is -2.32. The number of anilines is 1. The summed E-state index contributed by atoms with van der Waals surface area (Å²) in [6.07, 6.45) is -0.805. The molecule has 0 spiro atoms. The first-order valence-corrected chi connectivity index (χ1v) is 7.00. The van der Waals surface area contributed by atoms with Crippen LogP contribution in [0, 0.1) is 17.0 Å². The Labute approximate surface area is 133 Å². The molecular formula is C16H17N3O4. The molecule has 0 fully saturated rings. The van der Waals surface area contributed by atoms with Crippen molar-refractivity contribution in [1.82, 2.24) is 5.32 Å². The number of aryl methyl sites for hydroxylation is 1. The molecule has 0 unspecified atom stereocenters. The third kappa shape index (κ3) is 4.52. The molecule has 120 valence electrons. The van der Waals surface area contributed by atoms with Crippen LogP contribution < -0.4 is 10.6 Å². The number of nitro benzene ring substituents is 1. The van der Waals surface area contributed by atoms with E-state index in [1.165, 1.54) is 18.2 Å². The molecule has 2 rings (SSSR count). The molecular weight excluding hydrogens is 298 g/mol. The summed E-state index contributed by atoms with van der Waals surface area (Å²) in [4.78, 5) is 22.1. The molecule has 0 aliphatic rings. The van der Waals surface area contributed by atoms with Crippen molar-refractivity contribution in [3.8, 4) is 0 Å². The maximum absolute atomic E-state index is 11.8. The number of nitrogens with zero attached hydrogens (tertiary/aromatic N) is 1. The van der Waals surface area contributed by atoms with Crippen molar-refractivity contribution in [2.75, 3.05) is 11.9 Å². The Balaban J connectivity index is 1.90. The zero-order valence-corrected chi connectivity index (χ0v) is 12.5. The molecule has 0 radical (unpaired) electrons. The van der Waals surface area contributed by atoms with Crippen LogP contribution in [0.4, 0.5) is 16.2 Å². The van der Waals surface area contributed by atoms with Crippen LogP contribution in [0.3, 0.4) is 0 Å². The molecule has 7 heteroatoms. The molecule has 0 aromatic heterocycles. The fourth-order valence-corrected chi connectivity index (χ4v) is 2.10. The lowest BCUT2D eigenvalue weighted by molar-refractivity contribution is -0.385. The average Bonchev–Trinajstić information content (AvgIpc) is 2.53. The number of hydrogen-bond donors (Lipinski definition) is 3. The minimum absolute atomic E-state index is 0.00421.